The number of hydrogen-bond donors (Lipinski definition) is 2. The SMILES string of the molecule is Nc1c(Br)cnn1CCO. The number of anilines is 1. The zero-order valence-corrected chi connectivity index (χ0v) is 6.87. The van der Waals surface area contributed by atoms with Crippen molar-refractivity contribution in [3.8, 4) is 0 Å². The molecule has 0 saturated carbocycles. The number of nitrogens with zero attached hydrogens (tertiary/aromatic N) is 2. The van der Waals surface area contributed by atoms with Gasteiger partial charge in [0.25, 0.3) is 0 Å². The normalized spacial score (nSPS) is 10.2. The number of aliphatic hydroxyl groups excluding tert-OH is 1. The smallest absolute Gasteiger partial charge is 0.136 e. The topological polar surface area (TPSA) is 64.1 Å². The van der Waals surface area contributed by atoms with Crippen LogP contribution < -0.4 is 5.73 Å². The van der Waals surface area contributed by atoms with E-state index in [9.17, 15) is 0 Å². The zero-order chi connectivity index (χ0) is 7.56. The van der Waals surface area contributed by atoms with Crippen molar-refractivity contribution in [2.75, 3.05) is 12.3 Å². The monoisotopic (exact) mass is 205 g/mol. The third-order valence-corrected chi connectivity index (χ3v) is 1.76. The Morgan fingerprint density at radius 3 is 2.90 bits per heavy atom. The van der Waals surface area contributed by atoms with Crippen LogP contribution in [0.2, 0.25) is 0 Å². The molecule has 56 valence electrons. The lowest BCUT2D eigenvalue weighted by Gasteiger charge is -1.98. The summed E-state index contributed by atoms with van der Waals surface area (Å²) >= 11 is 3.20. The van der Waals surface area contributed by atoms with Crippen molar-refractivity contribution in [1.29, 1.82) is 0 Å². The molecule has 0 unspecified atom stereocenters. The summed E-state index contributed by atoms with van der Waals surface area (Å²) in [5, 5.41) is 12.4. The summed E-state index contributed by atoms with van der Waals surface area (Å²) in [7, 11) is 0. The summed E-state index contributed by atoms with van der Waals surface area (Å²) in [6, 6.07) is 0. The largest absolute Gasteiger partial charge is 0.394 e. The first-order valence-electron chi connectivity index (χ1n) is 2.83. The fourth-order valence-electron chi connectivity index (χ4n) is 0.645. The number of nitrogen functional groups attached to an aromatic ring is 1. The molecule has 5 heteroatoms. The van der Waals surface area contributed by atoms with Crippen LogP contribution in [-0.4, -0.2) is 21.5 Å². The van der Waals surface area contributed by atoms with Crippen LogP contribution in [-0.2, 0) is 6.54 Å². The minimum atomic E-state index is 0.0539. The van der Waals surface area contributed by atoms with Gasteiger partial charge in [-0.25, -0.2) is 4.68 Å². The predicted molar refractivity (Wildman–Crippen MR) is 41.4 cm³/mol. The van der Waals surface area contributed by atoms with E-state index in [1.54, 1.807) is 6.20 Å². The van der Waals surface area contributed by atoms with Crippen molar-refractivity contribution >= 4 is 21.7 Å². The molecule has 3 N–H and O–H groups in total. The quantitative estimate of drug-likeness (QED) is 0.727. The molecule has 0 saturated heterocycles. The first-order valence-corrected chi connectivity index (χ1v) is 3.62. The van der Waals surface area contributed by atoms with E-state index in [1.165, 1.54) is 4.68 Å². The fourth-order valence-corrected chi connectivity index (χ4v) is 0.941. The van der Waals surface area contributed by atoms with E-state index < -0.39 is 0 Å². The lowest BCUT2D eigenvalue weighted by molar-refractivity contribution is 0.270. The fraction of sp³-hybridized carbons (Fsp3) is 0.400. The molecule has 0 fully saturated rings. The molecule has 0 bridgehead atoms. The van der Waals surface area contributed by atoms with Gasteiger partial charge in [-0.3, -0.25) is 0 Å². The van der Waals surface area contributed by atoms with E-state index in [-0.39, 0.29) is 6.61 Å². The van der Waals surface area contributed by atoms with Crippen LogP contribution in [0.5, 0.6) is 0 Å². The Labute approximate surface area is 66.8 Å². The second kappa shape index (κ2) is 3.03. The van der Waals surface area contributed by atoms with Gasteiger partial charge in [-0.05, 0) is 15.9 Å². The minimum Gasteiger partial charge on any atom is -0.394 e. The van der Waals surface area contributed by atoms with Crippen LogP contribution in [0.25, 0.3) is 0 Å². The van der Waals surface area contributed by atoms with Crippen LogP contribution in [0.1, 0.15) is 0 Å². The van der Waals surface area contributed by atoms with E-state index in [0.717, 1.165) is 4.47 Å². The molecular weight excluding hydrogens is 198 g/mol. The van der Waals surface area contributed by atoms with Crippen LogP contribution >= 0.6 is 15.9 Å². The van der Waals surface area contributed by atoms with E-state index in [0.29, 0.717) is 12.4 Å². The van der Waals surface area contributed by atoms with Crippen molar-refractivity contribution in [2.24, 2.45) is 0 Å². The zero-order valence-electron chi connectivity index (χ0n) is 5.29. The molecule has 4 nitrogen and oxygen atoms in total. The number of rotatable bonds is 2. The molecule has 0 aliphatic carbocycles. The predicted octanol–water partition coefficient (Wildman–Crippen LogP) is 0.220. The van der Waals surface area contributed by atoms with Crippen molar-refractivity contribution < 1.29 is 5.11 Å². The first-order chi connectivity index (χ1) is 4.75. The molecule has 1 aromatic rings. The standard InChI is InChI=1S/C5H8BrN3O/c6-4-3-8-9(1-2-10)5(4)7/h3,10H,1-2,7H2. The molecule has 0 aliphatic rings. The van der Waals surface area contributed by atoms with Crippen molar-refractivity contribution in [3.63, 3.8) is 0 Å². The Kier molecular flexibility index (Phi) is 2.29. The number of aromatic nitrogens is 2. The lowest BCUT2D eigenvalue weighted by atomic mass is 10.6. The number of nitrogens with two attached hydrogens (primary N) is 1. The van der Waals surface area contributed by atoms with Crippen molar-refractivity contribution in [1.82, 2.24) is 9.78 Å². The van der Waals surface area contributed by atoms with Gasteiger partial charge in [0.1, 0.15) is 5.82 Å². The summed E-state index contributed by atoms with van der Waals surface area (Å²) in [4.78, 5) is 0. The molecule has 0 spiro atoms. The molecule has 1 aromatic heterocycles. The highest BCUT2D eigenvalue weighted by Crippen LogP contribution is 2.16. The maximum atomic E-state index is 8.52. The van der Waals surface area contributed by atoms with Gasteiger partial charge in [0, 0.05) is 0 Å². The van der Waals surface area contributed by atoms with Gasteiger partial charge in [0.05, 0.1) is 23.8 Å². The molecule has 0 aromatic carbocycles. The Hall–Kier alpha value is -0.550. The average molecular weight is 206 g/mol. The average Bonchev–Trinajstić information content (AvgIpc) is 2.20. The Morgan fingerprint density at radius 1 is 1.80 bits per heavy atom. The molecule has 1 heterocycles. The van der Waals surface area contributed by atoms with Crippen LogP contribution in [0, 0.1) is 0 Å². The Bertz CT molecular complexity index is 223. The number of hydrogen-bond acceptors (Lipinski definition) is 3. The van der Waals surface area contributed by atoms with Crippen molar-refractivity contribution in [3.05, 3.63) is 10.7 Å². The van der Waals surface area contributed by atoms with Crippen LogP contribution in [0.3, 0.4) is 0 Å². The number of aliphatic hydroxyl groups is 1. The van der Waals surface area contributed by atoms with Gasteiger partial charge in [-0.1, -0.05) is 0 Å². The highest BCUT2D eigenvalue weighted by Gasteiger charge is 2.01. The van der Waals surface area contributed by atoms with E-state index in [2.05, 4.69) is 21.0 Å². The van der Waals surface area contributed by atoms with Gasteiger partial charge in [0.2, 0.25) is 0 Å². The van der Waals surface area contributed by atoms with E-state index in [1.807, 2.05) is 0 Å². The molecule has 0 radical (unpaired) electrons. The Balaban J connectivity index is 2.83. The van der Waals surface area contributed by atoms with Gasteiger partial charge >= 0.3 is 0 Å². The van der Waals surface area contributed by atoms with Crippen molar-refractivity contribution in [2.45, 2.75) is 6.54 Å². The van der Waals surface area contributed by atoms with Gasteiger partial charge < -0.3 is 10.8 Å². The maximum absolute atomic E-state index is 8.52. The summed E-state index contributed by atoms with van der Waals surface area (Å²) in [5.74, 6) is 0.550. The van der Waals surface area contributed by atoms with Gasteiger partial charge in [0.15, 0.2) is 0 Å². The number of halogens is 1. The second-order valence-corrected chi connectivity index (χ2v) is 2.68. The third kappa shape index (κ3) is 1.30. The summed E-state index contributed by atoms with van der Waals surface area (Å²) < 4.78 is 2.30. The highest BCUT2D eigenvalue weighted by atomic mass is 79.9. The molecular formula is C5H8BrN3O. The molecule has 0 atom stereocenters. The van der Waals surface area contributed by atoms with Gasteiger partial charge in [-0.2, -0.15) is 5.10 Å². The molecule has 0 aliphatic heterocycles. The van der Waals surface area contributed by atoms with Crippen LogP contribution in [0.15, 0.2) is 10.7 Å². The minimum absolute atomic E-state index is 0.0539. The second-order valence-electron chi connectivity index (χ2n) is 1.82. The third-order valence-electron chi connectivity index (χ3n) is 1.15. The Morgan fingerprint density at radius 2 is 2.50 bits per heavy atom. The lowest BCUT2D eigenvalue weighted by Crippen LogP contribution is -2.07. The first kappa shape index (κ1) is 7.56. The van der Waals surface area contributed by atoms with Crippen LogP contribution in [0.4, 0.5) is 5.82 Å². The summed E-state index contributed by atoms with van der Waals surface area (Å²) in [6.45, 7) is 0.496. The summed E-state index contributed by atoms with van der Waals surface area (Å²) in [6.07, 6.45) is 1.60. The van der Waals surface area contributed by atoms with E-state index >= 15 is 0 Å². The van der Waals surface area contributed by atoms with Gasteiger partial charge in [-0.15, -0.1) is 0 Å². The maximum Gasteiger partial charge on any atom is 0.136 e. The highest BCUT2D eigenvalue weighted by molar-refractivity contribution is 9.10. The molecule has 0 amide bonds. The van der Waals surface area contributed by atoms with E-state index in [4.69, 9.17) is 10.8 Å². The molecule has 10 heavy (non-hydrogen) atoms. The molecule has 1 rings (SSSR count). The summed E-state index contributed by atoms with van der Waals surface area (Å²) in [5.41, 5.74) is 5.53.